The van der Waals surface area contributed by atoms with Crippen molar-refractivity contribution in [2.45, 2.75) is 25.4 Å². The van der Waals surface area contributed by atoms with Gasteiger partial charge in [0, 0.05) is 32.1 Å². The van der Waals surface area contributed by atoms with Gasteiger partial charge in [-0.05, 0) is 25.5 Å². The van der Waals surface area contributed by atoms with E-state index in [9.17, 15) is 14.9 Å². The van der Waals surface area contributed by atoms with Gasteiger partial charge >= 0.3 is 5.69 Å². The van der Waals surface area contributed by atoms with Crippen LogP contribution in [0.1, 0.15) is 16.8 Å². The Morgan fingerprint density at radius 2 is 1.96 bits per heavy atom. The van der Waals surface area contributed by atoms with Crippen molar-refractivity contribution >= 4 is 22.9 Å². The molecular formula is C17H18N6O2S. The summed E-state index contributed by atoms with van der Waals surface area (Å²) in [5, 5.41) is 10.0. The number of hydrogen-bond donors (Lipinski definition) is 0. The predicted octanol–water partition coefficient (Wildman–Crippen LogP) is 1.11. The molecule has 3 aromatic rings. The molecule has 0 unspecified atom stereocenters. The number of pyridine rings is 1. The summed E-state index contributed by atoms with van der Waals surface area (Å²) in [5.41, 5.74) is 2.33. The molecule has 0 fully saturated rings. The van der Waals surface area contributed by atoms with Crippen molar-refractivity contribution in [1.82, 2.24) is 23.7 Å². The van der Waals surface area contributed by atoms with E-state index in [4.69, 9.17) is 0 Å². The Hall–Kier alpha value is -2.86. The molecule has 0 amide bonds. The summed E-state index contributed by atoms with van der Waals surface area (Å²) in [4.78, 5) is 33.1. The van der Waals surface area contributed by atoms with E-state index in [2.05, 4.69) is 16.0 Å². The fourth-order valence-electron chi connectivity index (χ4n) is 2.85. The van der Waals surface area contributed by atoms with Crippen LogP contribution in [0.3, 0.4) is 0 Å². The van der Waals surface area contributed by atoms with E-state index in [0.717, 1.165) is 15.8 Å². The Morgan fingerprint density at radius 3 is 2.65 bits per heavy atom. The molecular weight excluding hydrogens is 352 g/mol. The summed E-state index contributed by atoms with van der Waals surface area (Å²) >= 11 is 1.46. The predicted molar refractivity (Wildman–Crippen MR) is 99.4 cm³/mol. The Kier molecular flexibility index (Phi) is 4.70. The average Bonchev–Trinajstić information content (AvgIpc) is 3.02. The quantitative estimate of drug-likeness (QED) is 0.638. The van der Waals surface area contributed by atoms with Crippen LogP contribution >= 0.6 is 11.8 Å². The summed E-state index contributed by atoms with van der Waals surface area (Å²) in [6.07, 6.45) is 1.56. The highest BCUT2D eigenvalue weighted by Gasteiger charge is 2.15. The molecule has 0 aliphatic heterocycles. The van der Waals surface area contributed by atoms with Crippen LogP contribution in [-0.2, 0) is 20.6 Å². The largest absolute Gasteiger partial charge is 0.332 e. The zero-order valence-electron chi connectivity index (χ0n) is 15.0. The molecule has 26 heavy (non-hydrogen) atoms. The van der Waals surface area contributed by atoms with Crippen LogP contribution in [-0.4, -0.2) is 29.4 Å². The molecule has 0 N–H and O–H groups in total. The number of hydrogen-bond acceptors (Lipinski definition) is 6. The van der Waals surface area contributed by atoms with Gasteiger partial charge in [-0.25, -0.2) is 14.8 Å². The van der Waals surface area contributed by atoms with Gasteiger partial charge in [0.15, 0.2) is 11.2 Å². The number of rotatable bonds is 4. The molecule has 0 aliphatic rings. The zero-order chi connectivity index (χ0) is 19.0. The third-order valence-corrected chi connectivity index (χ3v) is 5.17. The molecule has 3 heterocycles. The fraction of sp³-hybridized carbons (Fsp3) is 0.353. The Balaban J connectivity index is 1.90. The molecule has 8 nitrogen and oxygen atoms in total. The van der Waals surface area contributed by atoms with E-state index < -0.39 is 5.69 Å². The minimum absolute atomic E-state index is 0.366. The van der Waals surface area contributed by atoms with Crippen molar-refractivity contribution in [3.63, 3.8) is 0 Å². The van der Waals surface area contributed by atoms with Gasteiger partial charge in [0.25, 0.3) is 5.56 Å². The molecule has 0 atom stereocenters. The third-order valence-electron chi connectivity index (χ3n) is 4.21. The van der Waals surface area contributed by atoms with Gasteiger partial charge < -0.3 is 4.57 Å². The first-order valence-corrected chi connectivity index (χ1v) is 8.95. The lowest BCUT2D eigenvalue weighted by atomic mass is 10.1. The Morgan fingerprint density at radius 1 is 1.23 bits per heavy atom. The lowest BCUT2D eigenvalue weighted by Crippen LogP contribution is -2.37. The van der Waals surface area contributed by atoms with Crippen LogP contribution in [0.2, 0.25) is 0 Å². The highest BCUT2D eigenvalue weighted by atomic mass is 32.2. The van der Waals surface area contributed by atoms with E-state index in [1.54, 1.807) is 17.9 Å². The van der Waals surface area contributed by atoms with Crippen molar-refractivity contribution in [2.24, 2.45) is 14.1 Å². The molecule has 0 aliphatic carbocycles. The number of nitrogens with zero attached hydrogens (tertiary/aromatic N) is 6. The second-order valence-corrected chi connectivity index (χ2v) is 7.12. The summed E-state index contributed by atoms with van der Waals surface area (Å²) in [5.74, 6) is 0.613. The minimum atomic E-state index is -0.403. The Labute approximate surface area is 153 Å². The van der Waals surface area contributed by atoms with E-state index >= 15 is 0 Å². The lowest BCUT2D eigenvalue weighted by Gasteiger charge is -2.09. The van der Waals surface area contributed by atoms with Crippen LogP contribution in [0, 0.1) is 25.2 Å². The van der Waals surface area contributed by atoms with Gasteiger partial charge in [-0.3, -0.25) is 13.9 Å². The molecule has 0 bridgehead atoms. The van der Waals surface area contributed by atoms with Crippen molar-refractivity contribution in [2.75, 3.05) is 5.75 Å². The van der Waals surface area contributed by atoms with Crippen LogP contribution in [0.15, 0.2) is 27.0 Å². The first kappa shape index (κ1) is 17.9. The molecule has 0 saturated carbocycles. The van der Waals surface area contributed by atoms with Gasteiger partial charge in [-0.1, -0.05) is 0 Å². The number of imidazole rings is 1. The molecule has 3 rings (SSSR count). The standard InChI is InChI=1S/C17H18N6O2S/c1-10-7-11(2)20-15(12(10)8-18)26-6-5-23-9-19-14-13(23)16(24)22(4)17(25)21(14)3/h7,9H,5-6H2,1-4H3. The smallest absolute Gasteiger partial charge is 0.324 e. The maximum absolute atomic E-state index is 12.4. The van der Waals surface area contributed by atoms with Crippen molar-refractivity contribution < 1.29 is 0 Å². The Bertz CT molecular complexity index is 1170. The molecule has 0 saturated heterocycles. The molecule has 0 spiro atoms. The fourth-order valence-corrected chi connectivity index (χ4v) is 3.89. The average molecular weight is 370 g/mol. The van der Waals surface area contributed by atoms with Crippen molar-refractivity contribution in [3.05, 3.63) is 50.1 Å². The van der Waals surface area contributed by atoms with Gasteiger partial charge in [0.2, 0.25) is 0 Å². The molecule has 0 radical (unpaired) electrons. The number of nitriles is 1. The highest BCUT2D eigenvalue weighted by molar-refractivity contribution is 7.99. The minimum Gasteiger partial charge on any atom is -0.324 e. The molecule has 9 heteroatoms. The van der Waals surface area contributed by atoms with Crippen molar-refractivity contribution in [3.8, 4) is 6.07 Å². The monoisotopic (exact) mass is 370 g/mol. The van der Waals surface area contributed by atoms with Gasteiger partial charge in [-0.2, -0.15) is 5.26 Å². The molecule has 3 aromatic heterocycles. The molecule has 134 valence electrons. The van der Waals surface area contributed by atoms with E-state index in [0.29, 0.717) is 34.1 Å². The lowest BCUT2D eigenvalue weighted by molar-refractivity contribution is 0.700. The summed E-state index contributed by atoms with van der Waals surface area (Å²) in [6.45, 7) is 4.30. The second-order valence-electron chi connectivity index (χ2n) is 6.04. The summed E-state index contributed by atoms with van der Waals surface area (Å²) in [6, 6.07) is 4.09. The summed E-state index contributed by atoms with van der Waals surface area (Å²) in [7, 11) is 3.05. The summed E-state index contributed by atoms with van der Waals surface area (Å²) < 4.78 is 4.17. The highest BCUT2D eigenvalue weighted by Crippen LogP contribution is 2.24. The maximum atomic E-state index is 12.4. The second kappa shape index (κ2) is 6.80. The first-order chi connectivity index (χ1) is 12.3. The van der Waals surface area contributed by atoms with E-state index in [1.165, 1.54) is 23.4 Å². The normalized spacial score (nSPS) is 11.0. The first-order valence-electron chi connectivity index (χ1n) is 7.97. The van der Waals surface area contributed by atoms with Crippen LogP contribution in [0.25, 0.3) is 11.2 Å². The number of fused-ring (bicyclic) bond motifs is 1. The van der Waals surface area contributed by atoms with E-state index in [-0.39, 0.29) is 5.56 Å². The van der Waals surface area contributed by atoms with Crippen molar-refractivity contribution in [1.29, 1.82) is 5.26 Å². The molecule has 0 aromatic carbocycles. The SMILES string of the molecule is Cc1cc(C)c(C#N)c(SCCn2cnc3c2c(=O)n(C)c(=O)n3C)n1. The van der Waals surface area contributed by atoms with Gasteiger partial charge in [0.1, 0.15) is 11.1 Å². The number of aromatic nitrogens is 5. The topological polar surface area (TPSA) is 98.5 Å². The zero-order valence-corrected chi connectivity index (χ0v) is 15.8. The van der Waals surface area contributed by atoms with Crippen LogP contribution in [0.5, 0.6) is 0 Å². The van der Waals surface area contributed by atoms with Gasteiger partial charge in [-0.15, -0.1) is 11.8 Å². The number of thioether (sulfide) groups is 1. The third kappa shape index (κ3) is 2.93. The van der Waals surface area contributed by atoms with Crippen LogP contribution in [0.4, 0.5) is 0 Å². The van der Waals surface area contributed by atoms with E-state index in [1.807, 2.05) is 19.9 Å². The number of aryl methyl sites for hydroxylation is 4. The van der Waals surface area contributed by atoms with Crippen LogP contribution < -0.4 is 11.2 Å². The maximum Gasteiger partial charge on any atom is 0.332 e. The van der Waals surface area contributed by atoms with Gasteiger partial charge in [0.05, 0.1) is 11.9 Å².